The lowest BCUT2D eigenvalue weighted by molar-refractivity contribution is -0.348. The van der Waals surface area contributed by atoms with E-state index in [0.29, 0.717) is 12.8 Å². The maximum absolute atomic E-state index is 13.9. The molecule has 1 aliphatic rings. The van der Waals surface area contributed by atoms with Crippen molar-refractivity contribution >= 4 is 21.9 Å². The Hall–Kier alpha value is -1.81. The predicted molar refractivity (Wildman–Crippen MR) is 93.3 cm³/mol. The molecule has 16 heteroatoms. The first-order valence-electron chi connectivity index (χ1n) is 9.33. The number of hydrogen-bond donors (Lipinski definition) is 1. The molecule has 1 unspecified atom stereocenters. The summed E-state index contributed by atoms with van der Waals surface area (Å²) in [5, 5.41) is -5.03. The molecule has 1 N–H and O–H groups in total. The number of ketones is 1. The molecule has 0 aromatic heterocycles. The lowest BCUT2D eigenvalue weighted by Crippen LogP contribution is -2.58. The molecule has 0 bridgehead atoms. The van der Waals surface area contributed by atoms with E-state index in [1.807, 2.05) is 0 Å². The van der Waals surface area contributed by atoms with Crippen LogP contribution in [0.25, 0.3) is 0 Å². The van der Waals surface area contributed by atoms with Gasteiger partial charge >= 0.3 is 39.5 Å². The summed E-state index contributed by atoms with van der Waals surface area (Å²) < 4.78 is 144. The van der Waals surface area contributed by atoms with E-state index in [0.717, 1.165) is 6.42 Å². The Morgan fingerprint density at radius 2 is 1.48 bits per heavy atom. The third kappa shape index (κ3) is 7.34. The number of halogens is 8. The molecule has 1 atom stereocenters. The minimum Gasteiger partial charge on any atom is -0.413 e. The molecule has 0 aliphatic heterocycles. The standard InChI is InChI=1S/C17H20F8O7S/c1-10(16(20,21)22)13(27)32-15(17(23,24)25,12(26)9-11-5-3-2-4-6-11)31-8-7-14(18,19)33(28,29)30/h11H,1-9H2,(H,28,29,30). The zero-order valence-corrected chi connectivity index (χ0v) is 17.6. The highest BCUT2D eigenvalue weighted by atomic mass is 32.2. The Morgan fingerprint density at radius 1 is 0.970 bits per heavy atom. The van der Waals surface area contributed by atoms with Crippen LogP contribution in [0.4, 0.5) is 35.1 Å². The maximum Gasteiger partial charge on any atom is 0.463 e. The van der Waals surface area contributed by atoms with E-state index in [-0.39, 0.29) is 12.8 Å². The molecule has 1 saturated carbocycles. The smallest absolute Gasteiger partial charge is 0.413 e. The van der Waals surface area contributed by atoms with Crippen LogP contribution in [0.1, 0.15) is 44.9 Å². The molecular formula is C17H20F8O7S. The Balaban J connectivity index is 3.32. The Bertz CT molecular complexity index is 844. The summed E-state index contributed by atoms with van der Waals surface area (Å²) in [5.41, 5.74) is -2.44. The average Bonchev–Trinajstić information content (AvgIpc) is 2.64. The van der Waals surface area contributed by atoms with Crippen molar-refractivity contribution < 1.29 is 67.2 Å². The molecule has 1 fully saturated rings. The Kier molecular flexibility index (Phi) is 9.04. The molecule has 0 radical (unpaired) electrons. The van der Waals surface area contributed by atoms with Crippen LogP contribution in [0.3, 0.4) is 0 Å². The zero-order valence-electron chi connectivity index (χ0n) is 16.8. The molecule has 192 valence electrons. The summed E-state index contributed by atoms with van der Waals surface area (Å²) in [7, 11) is -6.10. The van der Waals surface area contributed by atoms with Crippen molar-refractivity contribution in [1.29, 1.82) is 0 Å². The van der Waals surface area contributed by atoms with Gasteiger partial charge < -0.3 is 9.47 Å². The molecule has 0 spiro atoms. The van der Waals surface area contributed by atoms with Gasteiger partial charge in [-0.2, -0.15) is 43.5 Å². The van der Waals surface area contributed by atoms with Gasteiger partial charge in [0.05, 0.1) is 13.0 Å². The predicted octanol–water partition coefficient (Wildman–Crippen LogP) is 4.33. The van der Waals surface area contributed by atoms with Gasteiger partial charge in [0.25, 0.3) is 0 Å². The number of hydrogen-bond acceptors (Lipinski definition) is 6. The van der Waals surface area contributed by atoms with Gasteiger partial charge in [-0.05, 0) is 5.92 Å². The van der Waals surface area contributed by atoms with Crippen LogP contribution in [0.2, 0.25) is 0 Å². The average molecular weight is 520 g/mol. The lowest BCUT2D eigenvalue weighted by Gasteiger charge is -2.35. The van der Waals surface area contributed by atoms with Crippen molar-refractivity contribution in [3.8, 4) is 0 Å². The number of rotatable bonds is 10. The SMILES string of the molecule is C=C(C(=O)OC(OCCC(F)(F)S(=O)(=O)O)(C(=O)CC1CCCCC1)C(F)(F)F)C(F)(F)F. The fourth-order valence-corrected chi connectivity index (χ4v) is 3.34. The van der Waals surface area contributed by atoms with Gasteiger partial charge in [-0.3, -0.25) is 9.35 Å². The quantitative estimate of drug-likeness (QED) is 0.150. The van der Waals surface area contributed by atoms with Crippen molar-refractivity contribution in [2.24, 2.45) is 5.92 Å². The summed E-state index contributed by atoms with van der Waals surface area (Å²) in [6.07, 6.45) is -12.4. The van der Waals surface area contributed by atoms with E-state index in [1.54, 1.807) is 0 Å². The minimum atomic E-state index is -6.10. The van der Waals surface area contributed by atoms with Crippen molar-refractivity contribution in [2.45, 2.75) is 68.3 Å². The molecule has 0 saturated heterocycles. The highest BCUT2D eigenvalue weighted by Gasteiger charge is 2.66. The van der Waals surface area contributed by atoms with Crippen molar-refractivity contribution in [3.05, 3.63) is 12.2 Å². The van der Waals surface area contributed by atoms with Crippen molar-refractivity contribution in [3.63, 3.8) is 0 Å². The van der Waals surface area contributed by atoms with Crippen LogP contribution in [-0.2, 0) is 29.2 Å². The fraction of sp³-hybridized carbons (Fsp3) is 0.765. The third-order valence-corrected chi connectivity index (χ3v) is 5.80. The van der Waals surface area contributed by atoms with E-state index in [1.165, 1.54) is 0 Å². The molecule has 33 heavy (non-hydrogen) atoms. The van der Waals surface area contributed by atoms with Crippen LogP contribution < -0.4 is 0 Å². The van der Waals surface area contributed by atoms with Gasteiger partial charge in [0.2, 0.25) is 5.78 Å². The van der Waals surface area contributed by atoms with E-state index in [4.69, 9.17) is 4.55 Å². The first kappa shape index (κ1) is 29.2. The van der Waals surface area contributed by atoms with E-state index in [2.05, 4.69) is 16.1 Å². The molecular weight excluding hydrogens is 500 g/mol. The minimum absolute atomic E-state index is 0.268. The molecule has 0 heterocycles. The van der Waals surface area contributed by atoms with Crippen LogP contribution >= 0.6 is 0 Å². The van der Waals surface area contributed by atoms with Gasteiger partial charge in [0, 0.05) is 6.42 Å². The van der Waals surface area contributed by atoms with Gasteiger partial charge in [0.15, 0.2) is 0 Å². The Labute approximate surface area is 182 Å². The fourth-order valence-electron chi connectivity index (χ4n) is 3.00. The maximum atomic E-state index is 13.9. The van der Waals surface area contributed by atoms with Gasteiger partial charge in [0.1, 0.15) is 5.57 Å². The second kappa shape index (κ2) is 10.2. The van der Waals surface area contributed by atoms with Crippen LogP contribution in [0, 0.1) is 5.92 Å². The van der Waals surface area contributed by atoms with Gasteiger partial charge in [-0.15, -0.1) is 0 Å². The summed E-state index contributed by atoms with van der Waals surface area (Å²) in [6, 6.07) is 0. The summed E-state index contributed by atoms with van der Waals surface area (Å²) in [5.74, 6) is -10.2. The van der Waals surface area contributed by atoms with Crippen LogP contribution in [-0.4, -0.2) is 54.7 Å². The number of Topliss-reactive ketones (excluding diaryl/α,β-unsaturated/α-hetero) is 1. The number of carbonyl (C=O) groups excluding carboxylic acids is 2. The van der Waals surface area contributed by atoms with Crippen molar-refractivity contribution in [1.82, 2.24) is 0 Å². The number of carbonyl (C=O) groups is 2. The van der Waals surface area contributed by atoms with E-state index < -0.39 is 76.2 Å². The summed E-state index contributed by atoms with van der Waals surface area (Å²) >= 11 is 0. The molecule has 0 aromatic carbocycles. The highest BCUT2D eigenvalue weighted by Crippen LogP contribution is 2.41. The topological polar surface area (TPSA) is 107 Å². The normalized spacial score (nSPS) is 18.5. The van der Waals surface area contributed by atoms with E-state index in [9.17, 15) is 53.1 Å². The molecule has 0 amide bonds. The zero-order chi connectivity index (χ0) is 25.9. The second-order valence-electron chi connectivity index (χ2n) is 7.32. The number of ether oxygens (including phenoxy) is 2. The summed E-state index contributed by atoms with van der Waals surface area (Å²) in [4.78, 5) is 24.3. The summed E-state index contributed by atoms with van der Waals surface area (Å²) in [6.45, 7) is 0.303. The van der Waals surface area contributed by atoms with Crippen LogP contribution in [0.5, 0.6) is 0 Å². The van der Waals surface area contributed by atoms with Crippen LogP contribution in [0.15, 0.2) is 12.2 Å². The molecule has 7 nitrogen and oxygen atoms in total. The van der Waals surface area contributed by atoms with E-state index >= 15 is 0 Å². The first-order valence-corrected chi connectivity index (χ1v) is 10.8. The lowest BCUT2D eigenvalue weighted by atomic mass is 9.84. The number of alkyl halides is 8. The molecule has 1 aliphatic carbocycles. The molecule has 0 aromatic rings. The second-order valence-corrected chi connectivity index (χ2v) is 8.87. The largest absolute Gasteiger partial charge is 0.463 e. The highest BCUT2D eigenvalue weighted by molar-refractivity contribution is 7.86. The first-order chi connectivity index (χ1) is 14.7. The van der Waals surface area contributed by atoms with Crippen molar-refractivity contribution in [2.75, 3.05) is 6.61 Å². The molecule has 1 rings (SSSR count). The van der Waals surface area contributed by atoms with Gasteiger partial charge in [-0.25, -0.2) is 4.79 Å². The third-order valence-electron chi connectivity index (χ3n) is 4.84. The monoisotopic (exact) mass is 520 g/mol. The number of esters is 1. The Morgan fingerprint density at radius 3 is 1.91 bits per heavy atom. The van der Waals surface area contributed by atoms with Gasteiger partial charge in [-0.1, -0.05) is 38.7 Å².